The van der Waals surface area contributed by atoms with Crippen LogP contribution in [-0.4, -0.2) is 31.8 Å². The number of nitrogens with zero attached hydrogens (tertiary/aromatic N) is 5. The SMILES string of the molecule is CNc1ccnc(-n2cc3cc(-c4ccccn4)cnc3n2)c1. The Bertz CT molecular complexity index is 961. The van der Waals surface area contributed by atoms with Gasteiger partial charge in [-0.3, -0.25) is 4.98 Å². The lowest BCUT2D eigenvalue weighted by Crippen LogP contribution is -1.99. The largest absolute Gasteiger partial charge is 0.388 e. The third kappa shape index (κ3) is 2.50. The van der Waals surface area contributed by atoms with Crippen LogP contribution in [0.25, 0.3) is 28.1 Å². The molecular formula is C17H14N6. The Hall–Kier alpha value is -3.28. The molecule has 0 amide bonds. The van der Waals surface area contributed by atoms with Crippen molar-refractivity contribution in [1.29, 1.82) is 0 Å². The second kappa shape index (κ2) is 5.49. The zero-order chi connectivity index (χ0) is 15.6. The van der Waals surface area contributed by atoms with E-state index in [9.17, 15) is 0 Å². The zero-order valence-electron chi connectivity index (χ0n) is 12.5. The third-order valence-electron chi connectivity index (χ3n) is 3.59. The Morgan fingerprint density at radius 1 is 1.00 bits per heavy atom. The molecule has 1 N–H and O–H groups in total. The molecular weight excluding hydrogens is 288 g/mol. The predicted molar refractivity (Wildman–Crippen MR) is 89.4 cm³/mol. The number of nitrogens with one attached hydrogen (secondary N) is 1. The Morgan fingerprint density at radius 2 is 1.96 bits per heavy atom. The van der Waals surface area contributed by atoms with Gasteiger partial charge in [0.05, 0.1) is 5.69 Å². The van der Waals surface area contributed by atoms with E-state index in [-0.39, 0.29) is 0 Å². The normalized spacial score (nSPS) is 10.8. The third-order valence-corrected chi connectivity index (χ3v) is 3.59. The molecule has 0 aliphatic heterocycles. The van der Waals surface area contributed by atoms with Crippen molar-refractivity contribution in [3.8, 4) is 17.1 Å². The Morgan fingerprint density at radius 3 is 2.78 bits per heavy atom. The molecule has 0 atom stereocenters. The Balaban J connectivity index is 1.79. The lowest BCUT2D eigenvalue weighted by molar-refractivity contribution is 0.855. The topological polar surface area (TPSA) is 68.5 Å². The van der Waals surface area contributed by atoms with Crippen LogP contribution in [0.15, 0.2) is 61.2 Å². The van der Waals surface area contributed by atoms with Crippen LogP contribution in [0.4, 0.5) is 5.69 Å². The summed E-state index contributed by atoms with van der Waals surface area (Å²) in [5, 5.41) is 8.53. The molecule has 0 unspecified atom stereocenters. The molecule has 23 heavy (non-hydrogen) atoms. The molecule has 112 valence electrons. The maximum absolute atomic E-state index is 4.49. The molecule has 0 radical (unpaired) electrons. The van der Waals surface area contributed by atoms with Gasteiger partial charge in [0.2, 0.25) is 0 Å². The summed E-state index contributed by atoms with van der Waals surface area (Å²) in [5.74, 6) is 0.745. The van der Waals surface area contributed by atoms with Crippen LogP contribution in [0.3, 0.4) is 0 Å². The average molecular weight is 302 g/mol. The lowest BCUT2D eigenvalue weighted by Gasteiger charge is -2.02. The fraction of sp³-hybridized carbons (Fsp3) is 0.0588. The van der Waals surface area contributed by atoms with E-state index in [1.54, 1.807) is 23.3 Å². The lowest BCUT2D eigenvalue weighted by atomic mass is 10.1. The molecule has 0 aromatic carbocycles. The van der Waals surface area contributed by atoms with E-state index in [0.29, 0.717) is 5.65 Å². The summed E-state index contributed by atoms with van der Waals surface area (Å²) in [6, 6.07) is 11.7. The maximum Gasteiger partial charge on any atom is 0.181 e. The molecule has 4 rings (SSSR count). The summed E-state index contributed by atoms with van der Waals surface area (Å²) in [7, 11) is 1.87. The number of aromatic nitrogens is 5. The van der Waals surface area contributed by atoms with E-state index in [2.05, 4.69) is 25.4 Å². The van der Waals surface area contributed by atoms with E-state index >= 15 is 0 Å². The van der Waals surface area contributed by atoms with E-state index < -0.39 is 0 Å². The number of hydrogen-bond donors (Lipinski definition) is 1. The highest BCUT2D eigenvalue weighted by Crippen LogP contribution is 2.21. The van der Waals surface area contributed by atoms with E-state index in [1.807, 2.05) is 49.6 Å². The molecule has 4 aromatic rings. The van der Waals surface area contributed by atoms with Crippen LogP contribution in [0, 0.1) is 0 Å². The Kier molecular flexibility index (Phi) is 3.20. The number of hydrogen-bond acceptors (Lipinski definition) is 5. The fourth-order valence-electron chi connectivity index (χ4n) is 2.41. The second-order valence-electron chi connectivity index (χ2n) is 5.08. The van der Waals surface area contributed by atoms with Crippen LogP contribution in [0.1, 0.15) is 0 Å². The highest BCUT2D eigenvalue weighted by atomic mass is 15.3. The molecule has 0 fully saturated rings. The van der Waals surface area contributed by atoms with E-state index in [0.717, 1.165) is 28.1 Å². The van der Waals surface area contributed by atoms with Gasteiger partial charge in [-0.25, -0.2) is 14.6 Å². The number of rotatable bonds is 3. The maximum atomic E-state index is 4.49. The summed E-state index contributed by atoms with van der Waals surface area (Å²) >= 11 is 0. The number of anilines is 1. The minimum absolute atomic E-state index is 0.682. The first kappa shape index (κ1) is 13.4. The average Bonchev–Trinajstić information content (AvgIpc) is 3.06. The smallest absolute Gasteiger partial charge is 0.181 e. The monoisotopic (exact) mass is 302 g/mol. The van der Waals surface area contributed by atoms with Crippen LogP contribution in [-0.2, 0) is 0 Å². The standard InChI is InChI=1S/C17H14N6/c1-18-14-5-7-20-16(9-14)23-11-13-8-12(10-21-17(13)22-23)15-4-2-3-6-19-15/h2-11H,1H3,(H,18,20). The summed E-state index contributed by atoms with van der Waals surface area (Å²) in [6.07, 6.45) is 7.24. The van der Waals surface area contributed by atoms with Gasteiger partial charge in [-0.2, -0.15) is 0 Å². The first-order chi connectivity index (χ1) is 11.3. The van der Waals surface area contributed by atoms with Gasteiger partial charge >= 0.3 is 0 Å². The van der Waals surface area contributed by atoms with Gasteiger partial charge in [-0.1, -0.05) is 6.07 Å². The number of fused-ring (bicyclic) bond motifs is 1. The van der Waals surface area contributed by atoms with Crippen molar-refractivity contribution >= 4 is 16.7 Å². The minimum Gasteiger partial charge on any atom is -0.388 e. The summed E-state index contributed by atoms with van der Waals surface area (Å²) in [5.41, 5.74) is 3.53. The summed E-state index contributed by atoms with van der Waals surface area (Å²) in [6.45, 7) is 0. The fourth-order valence-corrected chi connectivity index (χ4v) is 2.41. The molecule has 0 saturated carbocycles. The molecule has 0 aliphatic rings. The van der Waals surface area contributed by atoms with Gasteiger partial charge in [0.25, 0.3) is 0 Å². The van der Waals surface area contributed by atoms with Crippen LogP contribution in [0.5, 0.6) is 0 Å². The van der Waals surface area contributed by atoms with E-state index in [1.165, 1.54) is 0 Å². The van der Waals surface area contributed by atoms with Crippen molar-refractivity contribution in [2.75, 3.05) is 12.4 Å². The van der Waals surface area contributed by atoms with Crippen LogP contribution < -0.4 is 5.32 Å². The van der Waals surface area contributed by atoms with Gasteiger partial charge in [0.15, 0.2) is 11.5 Å². The molecule has 0 aliphatic carbocycles. The zero-order valence-corrected chi connectivity index (χ0v) is 12.5. The van der Waals surface area contributed by atoms with Crippen LogP contribution in [0.2, 0.25) is 0 Å². The van der Waals surface area contributed by atoms with Crippen molar-refractivity contribution in [3.63, 3.8) is 0 Å². The van der Waals surface area contributed by atoms with Gasteiger partial charge < -0.3 is 5.32 Å². The summed E-state index contributed by atoms with van der Waals surface area (Å²) in [4.78, 5) is 13.1. The summed E-state index contributed by atoms with van der Waals surface area (Å²) < 4.78 is 1.74. The van der Waals surface area contributed by atoms with Crippen molar-refractivity contribution in [2.45, 2.75) is 0 Å². The molecule has 6 nitrogen and oxygen atoms in total. The molecule has 0 saturated heterocycles. The van der Waals surface area contributed by atoms with Gasteiger partial charge in [0.1, 0.15) is 0 Å². The van der Waals surface area contributed by atoms with E-state index in [4.69, 9.17) is 0 Å². The first-order valence-corrected chi connectivity index (χ1v) is 7.24. The molecule has 4 heterocycles. The van der Waals surface area contributed by atoms with Gasteiger partial charge in [0, 0.05) is 54.5 Å². The molecule has 4 aromatic heterocycles. The highest BCUT2D eigenvalue weighted by molar-refractivity contribution is 5.80. The van der Waals surface area contributed by atoms with Crippen molar-refractivity contribution < 1.29 is 0 Å². The minimum atomic E-state index is 0.682. The van der Waals surface area contributed by atoms with Crippen molar-refractivity contribution in [1.82, 2.24) is 24.7 Å². The van der Waals surface area contributed by atoms with Crippen molar-refractivity contribution in [2.24, 2.45) is 0 Å². The van der Waals surface area contributed by atoms with Crippen LogP contribution >= 0.6 is 0 Å². The number of pyridine rings is 3. The first-order valence-electron chi connectivity index (χ1n) is 7.24. The quantitative estimate of drug-likeness (QED) is 0.630. The Labute approximate surface area is 132 Å². The highest BCUT2D eigenvalue weighted by Gasteiger charge is 2.08. The van der Waals surface area contributed by atoms with Crippen molar-refractivity contribution in [3.05, 3.63) is 61.2 Å². The molecule has 0 bridgehead atoms. The second-order valence-corrected chi connectivity index (χ2v) is 5.08. The van der Waals surface area contributed by atoms with Gasteiger partial charge in [-0.15, -0.1) is 5.10 Å². The van der Waals surface area contributed by atoms with Gasteiger partial charge in [-0.05, 0) is 24.3 Å². The molecule has 0 spiro atoms. The predicted octanol–water partition coefficient (Wildman–Crippen LogP) is 2.92. The molecule has 6 heteroatoms.